The number of benzene rings is 3. The average molecular weight is 383 g/mol. The predicted molar refractivity (Wildman–Crippen MR) is 117 cm³/mol. The minimum Gasteiger partial charge on any atom is -0.493 e. The van der Waals surface area contributed by atoms with Gasteiger partial charge in [-0.25, -0.2) is 0 Å². The van der Waals surface area contributed by atoms with Crippen LogP contribution in [-0.2, 0) is 19.5 Å². The van der Waals surface area contributed by atoms with Crippen molar-refractivity contribution in [2.24, 2.45) is 0 Å². The van der Waals surface area contributed by atoms with Gasteiger partial charge in [0.15, 0.2) is 11.3 Å². The maximum Gasteiger partial charge on any atom is 0.176 e. The molecule has 1 aliphatic rings. The summed E-state index contributed by atoms with van der Waals surface area (Å²) in [7, 11) is 1.70. The molecule has 0 atom stereocenters. The summed E-state index contributed by atoms with van der Waals surface area (Å²) in [6.45, 7) is 5.07. The van der Waals surface area contributed by atoms with Crippen molar-refractivity contribution in [3.05, 3.63) is 89.0 Å². The van der Waals surface area contributed by atoms with Crippen molar-refractivity contribution < 1.29 is 9.15 Å². The van der Waals surface area contributed by atoms with Crippen molar-refractivity contribution in [2.45, 2.75) is 26.4 Å². The molecule has 5 rings (SSSR count). The zero-order valence-electron chi connectivity index (χ0n) is 16.9. The van der Waals surface area contributed by atoms with Gasteiger partial charge in [0, 0.05) is 30.6 Å². The van der Waals surface area contributed by atoms with Gasteiger partial charge in [-0.1, -0.05) is 60.2 Å². The number of hydrogen-bond donors (Lipinski definition) is 0. The summed E-state index contributed by atoms with van der Waals surface area (Å²) >= 11 is 0. The molecule has 4 aromatic rings. The van der Waals surface area contributed by atoms with Crippen LogP contribution in [0.2, 0.25) is 0 Å². The second kappa shape index (κ2) is 7.41. The largest absolute Gasteiger partial charge is 0.493 e. The van der Waals surface area contributed by atoms with E-state index in [9.17, 15) is 0 Å². The molecule has 0 saturated heterocycles. The Morgan fingerprint density at radius 3 is 2.55 bits per heavy atom. The molecule has 1 aromatic heterocycles. The molecule has 2 heterocycles. The maximum atomic E-state index is 6.26. The van der Waals surface area contributed by atoms with Gasteiger partial charge in [0.2, 0.25) is 0 Å². The molecule has 3 nitrogen and oxygen atoms in total. The van der Waals surface area contributed by atoms with Gasteiger partial charge < -0.3 is 9.15 Å². The summed E-state index contributed by atoms with van der Waals surface area (Å²) in [5.74, 6) is 1.67. The fraction of sp³-hybridized carbons (Fsp3) is 0.231. The lowest BCUT2D eigenvalue weighted by molar-refractivity contribution is 0.246. The maximum absolute atomic E-state index is 6.26. The second-order valence-electron chi connectivity index (χ2n) is 7.88. The summed E-state index contributed by atoms with van der Waals surface area (Å²) in [4.78, 5) is 2.52. The summed E-state index contributed by atoms with van der Waals surface area (Å²) in [6.07, 6.45) is 1.11. The number of methoxy groups -OCH3 is 1. The van der Waals surface area contributed by atoms with Gasteiger partial charge in [-0.3, -0.25) is 4.90 Å². The van der Waals surface area contributed by atoms with Crippen LogP contribution >= 0.6 is 0 Å². The Labute approximate surface area is 171 Å². The topological polar surface area (TPSA) is 25.6 Å². The summed E-state index contributed by atoms with van der Waals surface area (Å²) in [5.41, 5.74) is 7.37. The zero-order valence-corrected chi connectivity index (χ0v) is 16.9. The van der Waals surface area contributed by atoms with Crippen LogP contribution in [0.5, 0.6) is 5.75 Å². The van der Waals surface area contributed by atoms with Crippen LogP contribution in [0.3, 0.4) is 0 Å². The summed E-state index contributed by atoms with van der Waals surface area (Å²) in [5, 5.41) is 1.14. The zero-order chi connectivity index (χ0) is 19.8. The predicted octanol–water partition coefficient (Wildman–Crippen LogP) is 5.98. The van der Waals surface area contributed by atoms with Crippen molar-refractivity contribution >= 4 is 11.0 Å². The van der Waals surface area contributed by atoms with Crippen molar-refractivity contribution in [1.82, 2.24) is 4.90 Å². The molecule has 3 heteroatoms. The monoisotopic (exact) mass is 383 g/mol. The van der Waals surface area contributed by atoms with Crippen molar-refractivity contribution in [2.75, 3.05) is 13.7 Å². The number of furan rings is 1. The number of aryl methyl sites for hydroxylation is 1. The molecule has 1 aliphatic heterocycles. The van der Waals surface area contributed by atoms with E-state index >= 15 is 0 Å². The fourth-order valence-electron chi connectivity index (χ4n) is 4.24. The van der Waals surface area contributed by atoms with Gasteiger partial charge in [0.1, 0.15) is 5.76 Å². The molecule has 0 saturated carbocycles. The number of nitrogens with zero attached hydrogens (tertiary/aromatic N) is 1. The third-order valence-corrected chi connectivity index (χ3v) is 5.90. The Hall–Kier alpha value is -3.04. The third kappa shape index (κ3) is 3.43. The summed E-state index contributed by atoms with van der Waals surface area (Å²) in [6, 6.07) is 23.6. The van der Waals surface area contributed by atoms with Crippen LogP contribution in [0, 0.1) is 6.92 Å². The van der Waals surface area contributed by atoms with Crippen LogP contribution in [0.25, 0.3) is 22.3 Å². The van der Waals surface area contributed by atoms with E-state index in [-0.39, 0.29) is 0 Å². The van der Waals surface area contributed by atoms with Gasteiger partial charge in [-0.2, -0.15) is 0 Å². The minimum absolute atomic E-state index is 0.783. The van der Waals surface area contributed by atoms with Crippen LogP contribution in [0.1, 0.15) is 22.3 Å². The molecule has 0 fully saturated rings. The molecule has 0 spiro atoms. The lowest BCUT2D eigenvalue weighted by atomic mass is 9.99. The first-order valence-electron chi connectivity index (χ1n) is 10.2. The van der Waals surface area contributed by atoms with Crippen molar-refractivity contribution in [1.29, 1.82) is 0 Å². The molecule has 29 heavy (non-hydrogen) atoms. The summed E-state index contributed by atoms with van der Waals surface area (Å²) < 4.78 is 11.8. The number of fused-ring (bicyclic) bond motifs is 2. The van der Waals surface area contributed by atoms with Crippen molar-refractivity contribution in [3.8, 4) is 17.1 Å². The molecule has 3 aromatic carbocycles. The van der Waals surface area contributed by atoms with Crippen LogP contribution < -0.4 is 4.74 Å². The van der Waals surface area contributed by atoms with Crippen LogP contribution in [-0.4, -0.2) is 18.6 Å². The van der Waals surface area contributed by atoms with E-state index in [0.29, 0.717) is 0 Å². The Morgan fingerprint density at radius 1 is 0.966 bits per heavy atom. The fourth-order valence-corrected chi connectivity index (χ4v) is 4.24. The first-order chi connectivity index (χ1) is 14.2. The van der Waals surface area contributed by atoms with E-state index in [1.165, 1.54) is 22.3 Å². The second-order valence-corrected chi connectivity index (χ2v) is 7.88. The van der Waals surface area contributed by atoms with Gasteiger partial charge in [0.05, 0.1) is 7.11 Å². The normalized spacial score (nSPS) is 14.1. The Balaban J connectivity index is 1.50. The highest BCUT2D eigenvalue weighted by Gasteiger charge is 2.19. The Kier molecular flexibility index (Phi) is 4.61. The highest BCUT2D eigenvalue weighted by atomic mass is 16.5. The van der Waals surface area contributed by atoms with Gasteiger partial charge in [-0.05, 0) is 42.2 Å². The molecule has 0 amide bonds. The Bertz CT molecular complexity index is 1160. The molecule has 0 unspecified atom stereocenters. The van der Waals surface area contributed by atoms with Crippen molar-refractivity contribution in [3.63, 3.8) is 0 Å². The molecule has 0 bridgehead atoms. The number of ether oxygens (including phenoxy) is 1. The highest BCUT2D eigenvalue weighted by Crippen LogP contribution is 2.36. The van der Waals surface area contributed by atoms with Gasteiger partial charge in [-0.15, -0.1) is 0 Å². The van der Waals surface area contributed by atoms with E-state index in [1.807, 2.05) is 6.07 Å². The SMILES string of the molecule is COc1ccc(CN2CCc3ccccc3C2)c2cc(-c3ccc(C)cc3)oc12. The molecule has 0 radical (unpaired) electrons. The number of rotatable bonds is 4. The van der Waals surface area contributed by atoms with Gasteiger partial charge >= 0.3 is 0 Å². The van der Waals surface area contributed by atoms with E-state index in [4.69, 9.17) is 9.15 Å². The molecule has 0 N–H and O–H groups in total. The average Bonchev–Trinajstić information content (AvgIpc) is 3.20. The van der Waals surface area contributed by atoms with E-state index < -0.39 is 0 Å². The molecule has 0 aliphatic carbocycles. The molecular formula is C26H25NO2. The smallest absolute Gasteiger partial charge is 0.176 e. The lowest BCUT2D eigenvalue weighted by Crippen LogP contribution is -2.30. The highest BCUT2D eigenvalue weighted by molar-refractivity contribution is 5.90. The van der Waals surface area contributed by atoms with E-state index in [2.05, 4.69) is 72.5 Å². The van der Waals surface area contributed by atoms with Crippen LogP contribution in [0.4, 0.5) is 0 Å². The standard InChI is InChI=1S/C26H25NO2/c1-18-7-9-20(10-8-18)25-15-23-22(11-12-24(28-2)26(23)29-25)17-27-14-13-19-5-3-4-6-21(19)16-27/h3-12,15H,13-14,16-17H2,1-2H3. The van der Waals surface area contributed by atoms with Crippen LogP contribution in [0.15, 0.2) is 71.1 Å². The number of hydrogen-bond acceptors (Lipinski definition) is 3. The molecule has 146 valence electrons. The minimum atomic E-state index is 0.783. The van der Waals surface area contributed by atoms with E-state index in [0.717, 1.165) is 54.1 Å². The van der Waals surface area contributed by atoms with Gasteiger partial charge in [0.25, 0.3) is 0 Å². The van der Waals surface area contributed by atoms with E-state index in [1.54, 1.807) is 7.11 Å². The first kappa shape index (κ1) is 18.0. The third-order valence-electron chi connectivity index (χ3n) is 5.90. The quantitative estimate of drug-likeness (QED) is 0.434. The Morgan fingerprint density at radius 2 is 1.76 bits per heavy atom. The molecular weight excluding hydrogens is 358 g/mol. The first-order valence-corrected chi connectivity index (χ1v) is 10.2. The lowest BCUT2D eigenvalue weighted by Gasteiger charge is -2.29.